The molecule has 0 spiro atoms. The van der Waals surface area contributed by atoms with E-state index in [2.05, 4.69) is 246 Å². The summed E-state index contributed by atoms with van der Waals surface area (Å²) in [7, 11) is 0. The van der Waals surface area contributed by atoms with Gasteiger partial charge < -0.3 is 18.9 Å². The average Bonchev–Trinajstić information content (AvgIpc) is 4.06. The van der Waals surface area contributed by atoms with Gasteiger partial charge in [0.05, 0.1) is 44.6 Å². The lowest BCUT2D eigenvalue weighted by Gasteiger charge is -2.30. The van der Waals surface area contributed by atoms with Crippen LogP contribution >= 0.6 is 0 Å². The number of anilines is 4. The summed E-state index contributed by atoms with van der Waals surface area (Å²) in [4.78, 5) is 10.1. The van der Waals surface area contributed by atoms with E-state index in [0.717, 1.165) is 66.9 Å². The molecule has 0 radical (unpaired) electrons. The van der Waals surface area contributed by atoms with Crippen molar-refractivity contribution in [1.82, 2.24) is 13.8 Å². The third-order valence-electron chi connectivity index (χ3n) is 14.5. The van der Waals surface area contributed by atoms with Gasteiger partial charge in [-0.2, -0.15) is 0 Å². The number of benzene rings is 9. The molecule has 0 unspecified atom stereocenters. The van der Waals surface area contributed by atoms with Crippen LogP contribution in [0, 0.1) is 0 Å². The van der Waals surface area contributed by atoms with Crippen molar-refractivity contribution in [3.05, 3.63) is 224 Å². The van der Waals surface area contributed by atoms with Crippen molar-refractivity contribution in [3.8, 4) is 33.8 Å². The van der Waals surface area contributed by atoms with Crippen molar-refractivity contribution in [1.29, 1.82) is 0 Å². The van der Waals surface area contributed by atoms with Gasteiger partial charge >= 0.3 is 0 Å². The standard InChI is InChI=1S/C64H47N5O/c1-64(2,3)43-36-53(41-18-6-4-7-19-41)60(54(37-43)42-20-8-5-9-21-42)67-40-66(56-30-12-13-31-57(56)67)44-22-14-23-45(38-44)70-46-33-34-48-50-27-16-32-58-62(50)69(59(48)39-46)63-52(28-17-35-65-63)51-26-15-25-49-47-24-10-11-29-55(47)68(58)61(49)51/h4-39H,40H2,1-3H3. The Balaban J connectivity index is 0.908. The minimum Gasteiger partial charge on any atom is -0.457 e. The van der Waals surface area contributed by atoms with Gasteiger partial charge in [0.15, 0.2) is 0 Å². The second-order valence-corrected chi connectivity index (χ2v) is 19.6. The predicted octanol–water partition coefficient (Wildman–Crippen LogP) is 17.0. The molecule has 0 atom stereocenters. The minimum atomic E-state index is -0.0576. The maximum Gasteiger partial charge on any atom is 0.145 e. The maximum atomic E-state index is 6.94. The van der Waals surface area contributed by atoms with E-state index >= 15 is 0 Å². The van der Waals surface area contributed by atoms with Crippen LogP contribution in [0.15, 0.2) is 219 Å². The SMILES string of the molecule is CC(C)(C)c1cc(-c2ccccc2)c(N2CN(c3cccc(Oc4ccc5c6cccc7c6n(c5c4)c4ncccc4c4cccc5c6ccccc6n7c54)c3)c3ccccc32)c(-c2ccccc2)c1. The molecule has 70 heavy (non-hydrogen) atoms. The van der Waals surface area contributed by atoms with Crippen molar-refractivity contribution in [2.75, 3.05) is 16.5 Å². The summed E-state index contributed by atoms with van der Waals surface area (Å²) in [6.07, 6.45) is 1.91. The van der Waals surface area contributed by atoms with Crippen molar-refractivity contribution >= 4 is 88.3 Å². The van der Waals surface area contributed by atoms with Gasteiger partial charge in [0, 0.05) is 67.5 Å². The molecular weight excluding hydrogens is 855 g/mol. The first-order chi connectivity index (χ1) is 34.4. The Morgan fingerprint density at radius 1 is 0.429 bits per heavy atom. The third kappa shape index (κ3) is 6.09. The number of fused-ring (bicyclic) bond motifs is 11. The second-order valence-electron chi connectivity index (χ2n) is 19.6. The van der Waals surface area contributed by atoms with Crippen LogP contribution < -0.4 is 14.5 Å². The molecule has 6 nitrogen and oxygen atoms in total. The molecular formula is C64H47N5O. The quantitative estimate of drug-likeness (QED) is 0.167. The lowest BCUT2D eigenvalue weighted by atomic mass is 9.82. The number of para-hydroxylation sites is 5. The highest BCUT2D eigenvalue weighted by atomic mass is 16.5. The van der Waals surface area contributed by atoms with Crippen LogP contribution in [-0.4, -0.2) is 20.5 Å². The highest BCUT2D eigenvalue weighted by Gasteiger charge is 2.33. The van der Waals surface area contributed by atoms with E-state index in [4.69, 9.17) is 9.72 Å². The van der Waals surface area contributed by atoms with Crippen LogP contribution in [0.3, 0.4) is 0 Å². The number of nitrogens with zero attached hydrogens (tertiary/aromatic N) is 5. The average molecular weight is 902 g/mol. The first-order valence-corrected chi connectivity index (χ1v) is 24.1. The van der Waals surface area contributed by atoms with Crippen molar-refractivity contribution in [2.24, 2.45) is 0 Å². The monoisotopic (exact) mass is 901 g/mol. The molecule has 0 saturated carbocycles. The molecule has 13 aromatic rings. The molecule has 0 N–H and O–H groups in total. The summed E-state index contributed by atoms with van der Waals surface area (Å²) in [6.45, 7) is 7.52. The molecule has 1 aliphatic heterocycles. The van der Waals surface area contributed by atoms with Crippen LogP contribution in [0.25, 0.3) is 87.8 Å². The van der Waals surface area contributed by atoms with Gasteiger partial charge in [-0.1, -0.05) is 148 Å². The highest BCUT2D eigenvalue weighted by Crippen LogP contribution is 2.52. The van der Waals surface area contributed by atoms with E-state index in [-0.39, 0.29) is 5.41 Å². The summed E-state index contributed by atoms with van der Waals surface area (Å²) in [5.74, 6) is 1.51. The normalized spacial score (nSPS) is 13.0. The van der Waals surface area contributed by atoms with Gasteiger partial charge in [0.25, 0.3) is 0 Å². The molecule has 14 rings (SSSR count). The third-order valence-corrected chi connectivity index (χ3v) is 14.5. The van der Waals surface area contributed by atoms with Crippen LogP contribution in [0.1, 0.15) is 26.3 Å². The van der Waals surface area contributed by atoms with Crippen LogP contribution in [0.4, 0.5) is 22.7 Å². The summed E-state index contributed by atoms with van der Waals surface area (Å²) >= 11 is 0. The van der Waals surface area contributed by atoms with E-state index in [1.807, 2.05) is 12.3 Å². The highest BCUT2D eigenvalue weighted by molar-refractivity contribution is 6.23. The molecule has 334 valence electrons. The Hall–Kier alpha value is -8.87. The zero-order chi connectivity index (χ0) is 46.7. The van der Waals surface area contributed by atoms with Crippen molar-refractivity contribution < 1.29 is 4.74 Å². The molecule has 9 aromatic carbocycles. The maximum absolute atomic E-state index is 6.94. The van der Waals surface area contributed by atoms with Gasteiger partial charge in [0.1, 0.15) is 23.8 Å². The van der Waals surface area contributed by atoms with E-state index in [1.54, 1.807) is 0 Å². The van der Waals surface area contributed by atoms with Gasteiger partial charge in [-0.3, -0.25) is 4.40 Å². The molecule has 1 aliphatic rings. The zero-order valence-corrected chi connectivity index (χ0v) is 39.1. The van der Waals surface area contributed by atoms with Crippen LogP contribution in [0.2, 0.25) is 0 Å². The molecule has 0 bridgehead atoms. The lowest BCUT2D eigenvalue weighted by Crippen LogP contribution is -2.25. The Morgan fingerprint density at radius 2 is 1.00 bits per heavy atom. The minimum absolute atomic E-state index is 0.0576. The Labute approximate surface area is 405 Å². The molecule has 0 saturated heterocycles. The zero-order valence-electron chi connectivity index (χ0n) is 39.1. The van der Waals surface area contributed by atoms with E-state index in [1.165, 1.54) is 60.7 Å². The fourth-order valence-electron chi connectivity index (χ4n) is 11.3. The summed E-state index contributed by atoms with van der Waals surface area (Å²) in [5.41, 5.74) is 17.1. The summed E-state index contributed by atoms with van der Waals surface area (Å²) in [6, 6.07) is 76.7. The molecule has 6 heteroatoms. The van der Waals surface area contributed by atoms with E-state index in [9.17, 15) is 0 Å². The van der Waals surface area contributed by atoms with Gasteiger partial charge in [0.2, 0.25) is 0 Å². The largest absolute Gasteiger partial charge is 0.457 e. The van der Waals surface area contributed by atoms with Crippen LogP contribution in [-0.2, 0) is 5.41 Å². The fourth-order valence-corrected chi connectivity index (χ4v) is 11.3. The molecule has 5 heterocycles. The molecule has 0 fully saturated rings. The number of ether oxygens (including phenoxy) is 1. The number of aromatic nitrogens is 3. The first-order valence-electron chi connectivity index (χ1n) is 24.1. The smallest absolute Gasteiger partial charge is 0.145 e. The van der Waals surface area contributed by atoms with Crippen LogP contribution in [0.5, 0.6) is 11.5 Å². The van der Waals surface area contributed by atoms with Crippen molar-refractivity contribution in [3.63, 3.8) is 0 Å². The number of rotatable bonds is 6. The number of pyridine rings is 1. The predicted molar refractivity (Wildman–Crippen MR) is 292 cm³/mol. The first kappa shape index (κ1) is 40.2. The Kier molecular flexibility index (Phi) is 8.80. The second kappa shape index (κ2) is 15.3. The summed E-state index contributed by atoms with van der Waals surface area (Å²) in [5, 5.41) is 7.01. The topological polar surface area (TPSA) is 37.4 Å². The fraction of sp³-hybridized carbons (Fsp3) is 0.0781. The van der Waals surface area contributed by atoms with Gasteiger partial charge in [-0.05, 0) is 94.9 Å². The Morgan fingerprint density at radius 3 is 1.74 bits per heavy atom. The molecule has 0 amide bonds. The summed E-state index contributed by atoms with van der Waals surface area (Å²) < 4.78 is 11.8. The van der Waals surface area contributed by atoms with E-state index < -0.39 is 0 Å². The van der Waals surface area contributed by atoms with Gasteiger partial charge in [-0.25, -0.2) is 4.98 Å². The van der Waals surface area contributed by atoms with Crippen molar-refractivity contribution in [2.45, 2.75) is 26.2 Å². The number of hydrogen-bond donors (Lipinski definition) is 0. The van der Waals surface area contributed by atoms with Gasteiger partial charge in [-0.15, -0.1) is 0 Å². The molecule has 4 aromatic heterocycles. The molecule has 0 aliphatic carbocycles. The van der Waals surface area contributed by atoms with E-state index in [0.29, 0.717) is 6.67 Å². The lowest BCUT2D eigenvalue weighted by molar-refractivity contribution is 0.483. The Bertz CT molecular complexity index is 4180. The number of hydrogen-bond acceptors (Lipinski definition) is 4.